The van der Waals surface area contributed by atoms with Gasteiger partial charge in [-0.25, -0.2) is 13.1 Å². The van der Waals surface area contributed by atoms with Crippen LogP contribution in [0.5, 0.6) is 0 Å². The van der Waals surface area contributed by atoms with E-state index in [-0.39, 0.29) is 11.9 Å². The van der Waals surface area contributed by atoms with Gasteiger partial charge in [0, 0.05) is 25.6 Å². The van der Waals surface area contributed by atoms with E-state index >= 15 is 0 Å². The van der Waals surface area contributed by atoms with Crippen LogP contribution in [-0.2, 0) is 14.8 Å². The Morgan fingerprint density at radius 3 is 2.76 bits per heavy atom. The highest BCUT2D eigenvalue weighted by Crippen LogP contribution is 2.22. The predicted molar refractivity (Wildman–Crippen MR) is 68.5 cm³/mol. The molecule has 2 N–H and O–H groups in total. The topological polar surface area (TPSA) is 67.4 Å². The molecule has 1 rings (SSSR count). The summed E-state index contributed by atoms with van der Waals surface area (Å²) in [5.74, 6) is 0.472. The summed E-state index contributed by atoms with van der Waals surface area (Å²) in [5, 5.41) is 3.01. The van der Waals surface area contributed by atoms with Gasteiger partial charge in [-0.1, -0.05) is 13.8 Å². The summed E-state index contributed by atoms with van der Waals surface area (Å²) >= 11 is 0. The fourth-order valence-electron chi connectivity index (χ4n) is 2.07. The van der Waals surface area contributed by atoms with Gasteiger partial charge in [-0.15, -0.1) is 0 Å². The van der Waals surface area contributed by atoms with E-state index in [1.54, 1.807) is 0 Å². The molecule has 1 aliphatic rings. The Morgan fingerprint density at radius 2 is 2.12 bits per heavy atom. The quantitative estimate of drug-likeness (QED) is 0.620. The lowest BCUT2D eigenvalue weighted by atomic mass is 10.0. The molecule has 0 aromatic carbocycles. The van der Waals surface area contributed by atoms with Gasteiger partial charge in [-0.05, 0) is 19.4 Å². The molecule has 0 aromatic heterocycles. The lowest BCUT2D eigenvalue weighted by Crippen LogP contribution is -2.36. The summed E-state index contributed by atoms with van der Waals surface area (Å²) in [6.45, 7) is 6.59. The maximum atomic E-state index is 11.7. The van der Waals surface area contributed by atoms with Crippen LogP contribution in [0.1, 0.15) is 26.7 Å². The minimum absolute atomic E-state index is 0.144. The van der Waals surface area contributed by atoms with Gasteiger partial charge in [-0.2, -0.15) is 0 Å². The summed E-state index contributed by atoms with van der Waals surface area (Å²) in [6, 6.07) is 0. The van der Waals surface area contributed by atoms with E-state index in [1.807, 2.05) is 6.92 Å². The third-order valence-electron chi connectivity index (χ3n) is 3.11. The van der Waals surface area contributed by atoms with Crippen molar-refractivity contribution in [2.45, 2.75) is 32.8 Å². The van der Waals surface area contributed by atoms with Crippen LogP contribution in [0.4, 0.5) is 0 Å². The zero-order valence-corrected chi connectivity index (χ0v) is 11.6. The fourth-order valence-corrected chi connectivity index (χ4v) is 3.09. The van der Waals surface area contributed by atoms with Gasteiger partial charge in [0.2, 0.25) is 10.0 Å². The average Bonchev–Trinajstić information content (AvgIpc) is 2.74. The molecule has 0 radical (unpaired) electrons. The molecular formula is C11H24N2O3S. The maximum Gasteiger partial charge on any atom is 0.212 e. The van der Waals surface area contributed by atoms with Crippen molar-refractivity contribution in [1.29, 1.82) is 0 Å². The van der Waals surface area contributed by atoms with E-state index < -0.39 is 10.0 Å². The van der Waals surface area contributed by atoms with Crippen molar-refractivity contribution in [2.24, 2.45) is 5.92 Å². The molecule has 0 saturated carbocycles. The molecule has 0 bridgehead atoms. The Morgan fingerprint density at radius 1 is 1.35 bits per heavy atom. The second-order valence-corrected chi connectivity index (χ2v) is 6.31. The van der Waals surface area contributed by atoms with E-state index in [9.17, 15) is 8.42 Å². The van der Waals surface area contributed by atoms with Gasteiger partial charge in [0.05, 0.1) is 11.9 Å². The van der Waals surface area contributed by atoms with Gasteiger partial charge < -0.3 is 10.1 Å². The van der Waals surface area contributed by atoms with Crippen molar-refractivity contribution >= 4 is 10.0 Å². The first-order valence-corrected chi connectivity index (χ1v) is 8.04. The van der Waals surface area contributed by atoms with Crippen LogP contribution in [0.2, 0.25) is 0 Å². The van der Waals surface area contributed by atoms with Gasteiger partial charge in [0.15, 0.2) is 0 Å². The second kappa shape index (κ2) is 7.31. The van der Waals surface area contributed by atoms with Gasteiger partial charge >= 0.3 is 0 Å². The molecule has 2 unspecified atom stereocenters. The number of ether oxygens (including phenoxy) is 1. The van der Waals surface area contributed by atoms with Gasteiger partial charge in [0.1, 0.15) is 0 Å². The molecule has 1 aliphatic heterocycles. The minimum atomic E-state index is -3.14. The molecule has 1 fully saturated rings. The minimum Gasteiger partial charge on any atom is -0.378 e. The van der Waals surface area contributed by atoms with E-state index in [1.165, 1.54) is 0 Å². The number of sulfonamides is 1. The highest BCUT2D eigenvalue weighted by atomic mass is 32.2. The summed E-state index contributed by atoms with van der Waals surface area (Å²) in [6.07, 6.45) is 2.12. The van der Waals surface area contributed by atoms with Gasteiger partial charge in [0.25, 0.3) is 0 Å². The van der Waals surface area contributed by atoms with Crippen LogP contribution in [0.25, 0.3) is 0 Å². The van der Waals surface area contributed by atoms with Gasteiger partial charge in [-0.3, -0.25) is 0 Å². The summed E-state index contributed by atoms with van der Waals surface area (Å²) < 4.78 is 31.5. The summed E-state index contributed by atoms with van der Waals surface area (Å²) in [5.41, 5.74) is 0. The van der Waals surface area contributed by atoms with Crippen LogP contribution in [-0.4, -0.2) is 46.5 Å². The number of hydrogen-bond acceptors (Lipinski definition) is 4. The first kappa shape index (κ1) is 14.9. The second-order valence-electron chi connectivity index (χ2n) is 4.39. The molecule has 1 heterocycles. The Kier molecular flexibility index (Phi) is 6.40. The van der Waals surface area contributed by atoms with Crippen LogP contribution >= 0.6 is 0 Å². The molecule has 17 heavy (non-hydrogen) atoms. The Balaban J connectivity index is 2.28. The number of nitrogens with one attached hydrogen (secondary N) is 2. The standard InChI is InChI=1S/C11H24N2O3S/c1-3-11-10(5-7-16-11)9-13-17(14,15)8-6-12-4-2/h10-13H,3-9H2,1-2H3. The third kappa shape index (κ3) is 5.33. The summed E-state index contributed by atoms with van der Waals surface area (Å²) in [7, 11) is -3.14. The molecule has 0 amide bonds. The van der Waals surface area contributed by atoms with Crippen molar-refractivity contribution in [3.8, 4) is 0 Å². The van der Waals surface area contributed by atoms with Crippen molar-refractivity contribution in [3.05, 3.63) is 0 Å². The zero-order chi connectivity index (χ0) is 12.7. The molecule has 2 atom stereocenters. The van der Waals surface area contributed by atoms with Crippen LogP contribution in [0.15, 0.2) is 0 Å². The Hall–Kier alpha value is -0.170. The highest BCUT2D eigenvalue weighted by Gasteiger charge is 2.27. The molecule has 102 valence electrons. The molecule has 5 nitrogen and oxygen atoms in total. The van der Waals surface area contributed by atoms with Crippen molar-refractivity contribution in [2.75, 3.05) is 32.0 Å². The van der Waals surface area contributed by atoms with E-state index in [0.717, 1.165) is 26.0 Å². The normalized spacial score (nSPS) is 25.3. The lowest BCUT2D eigenvalue weighted by molar-refractivity contribution is 0.0884. The van der Waals surface area contributed by atoms with Crippen LogP contribution in [0, 0.1) is 5.92 Å². The molecule has 0 aromatic rings. The monoisotopic (exact) mass is 264 g/mol. The third-order valence-corrected chi connectivity index (χ3v) is 4.46. The van der Waals surface area contributed by atoms with E-state index in [2.05, 4.69) is 17.0 Å². The first-order valence-electron chi connectivity index (χ1n) is 6.38. The number of rotatable bonds is 8. The fraction of sp³-hybridized carbons (Fsp3) is 1.00. The maximum absolute atomic E-state index is 11.7. The van der Waals surface area contributed by atoms with E-state index in [4.69, 9.17) is 4.74 Å². The summed E-state index contributed by atoms with van der Waals surface area (Å²) in [4.78, 5) is 0. The van der Waals surface area contributed by atoms with E-state index in [0.29, 0.717) is 19.0 Å². The Bertz CT molecular complexity index is 306. The molecule has 0 spiro atoms. The molecule has 6 heteroatoms. The van der Waals surface area contributed by atoms with Crippen molar-refractivity contribution < 1.29 is 13.2 Å². The SMILES string of the molecule is CCNCCS(=O)(=O)NCC1CCOC1CC. The first-order chi connectivity index (χ1) is 8.09. The smallest absolute Gasteiger partial charge is 0.212 e. The zero-order valence-electron chi connectivity index (χ0n) is 10.7. The molecule has 0 aliphatic carbocycles. The predicted octanol–water partition coefficient (Wildman–Crippen LogP) is 0.330. The average molecular weight is 264 g/mol. The van der Waals surface area contributed by atoms with Crippen molar-refractivity contribution in [1.82, 2.24) is 10.0 Å². The van der Waals surface area contributed by atoms with Crippen LogP contribution < -0.4 is 10.0 Å². The van der Waals surface area contributed by atoms with Crippen molar-refractivity contribution in [3.63, 3.8) is 0 Å². The van der Waals surface area contributed by atoms with Crippen LogP contribution in [0.3, 0.4) is 0 Å². The highest BCUT2D eigenvalue weighted by molar-refractivity contribution is 7.89. The molecular weight excluding hydrogens is 240 g/mol. The lowest BCUT2D eigenvalue weighted by Gasteiger charge is -2.17. The molecule has 1 saturated heterocycles. The Labute approximate surface area is 104 Å². The number of hydrogen-bond donors (Lipinski definition) is 2. The largest absolute Gasteiger partial charge is 0.378 e.